The Labute approximate surface area is 167 Å². The number of benzene rings is 2. The molecule has 0 aliphatic carbocycles. The number of aromatic nitrogens is 4. The van der Waals surface area contributed by atoms with Crippen LogP contribution >= 0.6 is 11.6 Å². The summed E-state index contributed by atoms with van der Waals surface area (Å²) in [5.74, 6) is 0.189. The zero-order chi connectivity index (χ0) is 19.5. The van der Waals surface area contributed by atoms with Crippen molar-refractivity contribution >= 4 is 23.3 Å². The maximum absolute atomic E-state index is 12.5. The van der Waals surface area contributed by atoms with Gasteiger partial charge < -0.3 is 5.32 Å². The smallest absolute Gasteiger partial charge is 0.274 e. The SMILES string of the molecule is Cc1cccc(Cn2ccc(NC(=O)c3cc(-c4ccc(Cl)cc4)n[nH]3)n2)c1. The summed E-state index contributed by atoms with van der Waals surface area (Å²) in [7, 11) is 0. The van der Waals surface area contributed by atoms with Crippen LogP contribution in [0.25, 0.3) is 11.3 Å². The number of hydrogen-bond donors (Lipinski definition) is 2. The summed E-state index contributed by atoms with van der Waals surface area (Å²) < 4.78 is 1.79. The maximum atomic E-state index is 12.5. The van der Waals surface area contributed by atoms with E-state index in [0.717, 1.165) is 11.1 Å². The van der Waals surface area contributed by atoms with Gasteiger partial charge in [0, 0.05) is 22.8 Å². The lowest BCUT2D eigenvalue weighted by Gasteiger charge is -2.03. The Morgan fingerprint density at radius 1 is 1.14 bits per heavy atom. The number of halogens is 1. The lowest BCUT2D eigenvalue weighted by Crippen LogP contribution is -2.13. The Hall–Kier alpha value is -3.38. The second-order valence-corrected chi connectivity index (χ2v) is 6.95. The number of hydrogen-bond acceptors (Lipinski definition) is 3. The number of nitrogens with zero attached hydrogens (tertiary/aromatic N) is 3. The zero-order valence-corrected chi connectivity index (χ0v) is 15.9. The van der Waals surface area contributed by atoms with Crippen LogP contribution < -0.4 is 5.32 Å². The molecule has 1 amide bonds. The van der Waals surface area contributed by atoms with E-state index < -0.39 is 0 Å². The molecule has 0 saturated heterocycles. The molecule has 0 atom stereocenters. The molecule has 140 valence electrons. The van der Waals surface area contributed by atoms with E-state index in [4.69, 9.17) is 11.6 Å². The molecular formula is C21H18ClN5O. The van der Waals surface area contributed by atoms with Gasteiger partial charge in [-0.3, -0.25) is 14.6 Å². The first kappa shape index (κ1) is 18.0. The highest BCUT2D eigenvalue weighted by atomic mass is 35.5. The topological polar surface area (TPSA) is 75.6 Å². The van der Waals surface area contributed by atoms with Crippen LogP contribution in [0.3, 0.4) is 0 Å². The molecule has 2 aromatic heterocycles. The first-order valence-electron chi connectivity index (χ1n) is 8.78. The summed E-state index contributed by atoms with van der Waals surface area (Å²) in [6.07, 6.45) is 1.84. The minimum atomic E-state index is -0.298. The molecule has 0 saturated carbocycles. The van der Waals surface area contributed by atoms with Crippen molar-refractivity contribution in [3.8, 4) is 11.3 Å². The molecule has 0 radical (unpaired) electrons. The molecule has 0 aliphatic heterocycles. The molecule has 28 heavy (non-hydrogen) atoms. The van der Waals surface area contributed by atoms with Crippen LogP contribution in [0.2, 0.25) is 5.02 Å². The first-order chi connectivity index (χ1) is 13.6. The van der Waals surface area contributed by atoms with Gasteiger partial charge in [0.15, 0.2) is 5.82 Å². The summed E-state index contributed by atoms with van der Waals surface area (Å²) >= 11 is 5.90. The number of amides is 1. The molecule has 0 bridgehead atoms. The Kier molecular flexibility index (Phi) is 4.95. The standard InChI is InChI=1S/C21H18ClN5O/c1-14-3-2-4-15(11-14)13-27-10-9-20(26-27)23-21(28)19-12-18(24-25-19)16-5-7-17(22)8-6-16/h2-12H,13H2,1H3,(H,24,25)(H,23,26,28). The van der Waals surface area contributed by atoms with Gasteiger partial charge in [0.25, 0.3) is 5.91 Å². The lowest BCUT2D eigenvalue weighted by atomic mass is 10.1. The van der Waals surface area contributed by atoms with Crippen molar-refractivity contribution in [2.24, 2.45) is 0 Å². The summed E-state index contributed by atoms with van der Waals surface area (Å²) in [6, 6.07) is 19.0. The average molecular weight is 392 g/mol. The van der Waals surface area contributed by atoms with Gasteiger partial charge in [-0.05, 0) is 30.7 Å². The van der Waals surface area contributed by atoms with Crippen molar-refractivity contribution in [2.45, 2.75) is 13.5 Å². The number of carbonyl (C=O) groups is 1. The van der Waals surface area contributed by atoms with Crippen LogP contribution in [0.4, 0.5) is 5.82 Å². The third-order valence-electron chi connectivity index (χ3n) is 4.27. The molecule has 0 spiro atoms. The largest absolute Gasteiger partial charge is 0.304 e. The molecule has 2 heterocycles. The van der Waals surface area contributed by atoms with Crippen molar-refractivity contribution in [3.05, 3.63) is 88.7 Å². The van der Waals surface area contributed by atoms with E-state index in [9.17, 15) is 4.79 Å². The third-order valence-corrected chi connectivity index (χ3v) is 4.52. The maximum Gasteiger partial charge on any atom is 0.274 e. The molecule has 4 rings (SSSR count). The fourth-order valence-corrected chi connectivity index (χ4v) is 3.03. The number of H-pyrrole nitrogens is 1. The van der Waals surface area contributed by atoms with E-state index in [2.05, 4.69) is 45.7 Å². The van der Waals surface area contributed by atoms with Gasteiger partial charge in [-0.15, -0.1) is 0 Å². The Bertz CT molecular complexity index is 1110. The van der Waals surface area contributed by atoms with E-state index in [-0.39, 0.29) is 5.91 Å². The van der Waals surface area contributed by atoms with Gasteiger partial charge in [-0.2, -0.15) is 10.2 Å². The Morgan fingerprint density at radius 2 is 1.96 bits per heavy atom. The summed E-state index contributed by atoms with van der Waals surface area (Å²) in [5.41, 5.74) is 4.27. The van der Waals surface area contributed by atoms with Crippen molar-refractivity contribution in [1.29, 1.82) is 0 Å². The van der Waals surface area contributed by atoms with Crippen LogP contribution in [0.5, 0.6) is 0 Å². The normalized spacial score (nSPS) is 10.8. The van der Waals surface area contributed by atoms with Crippen molar-refractivity contribution in [3.63, 3.8) is 0 Å². The van der Waals surface area contributed by atoms with Crippen LogP contribution in [0.1, 0.15) is 21.6 Å². The van der Waals surface area contributed by atoms with E-state index >= 15 is 0 Å². The number of nitrogens with one attached hydrogen (secondary N) is 2. The molecular weight excluding hydrogens is 374 g/mol. The number of rotatable bonds is 5. The molecule has 7 heteroatoms. The van der Waals surface area contributed by atoms with Crippen LogP contribution in [-0.4, -0.2) is 25.9 Å². The van der Waals surface area contributed by atoms with E-state index in [1.165, 1.54) is 5.56 Å². The molecule has 2 N–H and O–H groups in total. The molecule has 4 aromatic rings. The molecule has 2 aromatic carbocycles. The molecule has 0 aliphatic rings. The van der Waals surface area contributed by atoms with Gasteiger partial charge in [0.05, 0.1) is 12.2 Å². The van der Waals surface area contributed by atoms with E-state index in [1.807, 2.05) is 24.4 Å². The number of anilines is 1. The van der Waals surface area contributed by atoms with Crippen molar-refractivity contribution < 1.29 is 4.79 Å². The summed E-state index contributed by atoms with van der Waals surface area (Å²) in [5, 5.41) is 14.8. The van der Waals surface area contributed by atoms with E-state index in [0.29, 0.717) is 28.8 Å². The zero-order valence-electron chi connectivity index (χ0n) is 15.2. The highest BCUT2D eigenvalue weighted by Gasteiger charge is 2.12. The molecule has 0 unspecified atom stereocenters. The second kappa shape index (κ2) is 7.70. The van der Waals surface area contributed by atoms with Crippen molar-refractivity contribution in [2.75, 3.05) is 5.32 Å². The average Bonchev–Trinajstić information content (AvgIpc) is 3.32. The number of carbonyl (C=O) groups excluding carboxylic acids is 1. The van der Waals surface area contributed by atoms with Gasteiger partial charge in [-0.1, -0.05) is 53.6 Å². The van der Waals surface area contributed by atoms with Crippen LogP contribution in [0.15, 0.2) is 66.9 Å². The van der Waals surface area contributed by atoms with Gasteiger partial charge >= 0.3 is 0 Å². The van der Waals surface area contributed by atoms with Crippen molar-refractivity contribution in [1.82, 2.24) is 20.0 Å². The molecule has 0 fully saturated rings. The Balaban J connectivity index is 1.43. The predicted molar refractivity (Wildman–Crippen MR) is 109 cm³/mol. The monoisotopic (exact) mass is 391 g/mol. The summed E-state index contributed by atoms with van der Waals surface area (Å²) in [6.45, 7) is 2.70. The minimum Gasteiger partial charge on any atom is -0.304 e. The van der Waals surface area contributed by atoms with E-state index in [1.54, 1.807) is 28.9 Å². The minimum absolute atomic E-state index is 0.298. The van der Waals surface area contributed by atoms with Crippen LogP contribution in [0, 0.1) is 6.92 Å². The molecule has 6 nitrogen and oxygen atoms in total. The van der Waals surface area contributed by atoms with Gasteiger partial charge in [0.1, 0.15) is 5.69 Å². The summed E-state index contributed by atoms with van der Waals surface area (Å²) in [4.78, 5) is 12.5. The highest BCUT2D eigenvalue weighted by Crippen LogP contribution is 2.20. The highest BCUT2D eigenvalue weighted by molar-refractivity contribution is 6.30. The fraction of sp³-hybridized carbons (Fsp3) is 0.0952. The third kappa shape index (κ3) is 4.13. The predicted octanol–water partition coefficient (Wildman–Crippen LogP) is 4.54. The lowest BCUT2D eigenvalue weighted by molar-refractivity contribution is 0.102. The van der Waals surface area contributed by atoms with Gasteiger partial charge in [-0.25, -0.2) is 0 Å². The quantitative estimate of drug-likeness (QED) is 0.524. The van der Waals surface area contributed by atoms with Crippen LogP contribution in [-0.2, 0) is 6.54 Å². The van der Waals surface area contributed by atoms with Gasteiger partial charge in [0.2, 0.25) is 0 Å². The second-order valence-electron chi connectivity index (χ2n) is 6.52. The first-order valence-corrected chi connectivity index (χ1v) is 9.16. The Morgan fingerprint density at radius 3 is 2.75 bits per heavy atom. The number of aryl methyl sites for hydroxylation is 1. The number of aromatic amines is 1. The fourth-order valence-electron chi connectivity index (χ4n) is 2.90.